The zero-order valence-corrected chi connectivity index (χ0v) is 10.3. The van der Waals surface area contributed by atoms with Gasteiger partial charge in [0.2, 0.25) is 0 Å². The second-order valence-electron chi connectivity index (χ2n) is 5.26. The van der Waals surface area contributed by atoms with E-state index in [0.29, 0.717) is 12.6 Å². The van der Waals surface area contributed by atoms with Crippen LogP contribution in [0.4, 0.5) is 4.79 Å². The zero-order chi connectivity index (χ0) is 11.6. The highest BCUT2D eigenvalue weighted by Gasteiger charge is 2.40. The molecule has 0 radical (unpaired) electrons. The largest absolute Gasteiger partial charge is 0.508 e. The molecule has 3 atom stereocenters. The number of likely N-dealkylation sites (tertiary alicyclic amines) is 1. The lowest BCUT2D eigenvalue weighted by molar-refractivity contribution is -0.921. The van der Waals surface area contributed by atoms with Gasteiger partial charge >= 0.3 is 6.16 Å². The van der Waals surface area contributed by atoms with Gasteiger partial charge in [-0.1, -0.05) is 6.92 Å². The Hall–Kier alpha value is -0.770. The first-order chi connectivity index (χ1) is 7.64. The second kappa shape index (κ2) is 4.62. The van der Waals surface area contributed by atoms with E-state index in [-0.39, 0.29) is 6.10 Å². The lowest BCUT2D eigenvalue weighted by Gasteiger charge is -2.36. The number of ether oxygens (including phenoxy) is 2. The van der Waals surface area contributed by atoms with Crippen LogP contribution in [0.3, 0.4) is 0 Å². The third kappa shape index (κ3) is 2.32. The Morgan fingerprint density at radius 1 is 1.50 bits per heavy atom. The summed E-state index contributed by atoms with van der Waals surface area (Å²) in [5.41, 5.74) is 0. The summed E-state index contributed by atoms with van der Waals surface area (Å²) in [6.45, 7) is 5.17. The standard InChI is InChI=1S/C12H22NO3/c1-3-6-13(2)7-4-5-10(13)8-11-9-15-12(14)16-11/h10-11H,3-9H2,1-2H3/q+1. The number of quaternary nitrogens is 1. The van der Waals surface area contributed by atoms with E-state index in [1.807, 2.05) is 0 Å². The maximum Gasteiger partial charge on any atom is 0.508 e. The minimum absolute atomic E-state index is 0.00935. The Morgan fingerprint density at radius 2 is 2.31 bits per heavy atom. The molecule has 92 valence electrons. The molecule has 2 fully saturated rings. The van der Waals surface area contributed by atoms with Crippen molar-refractivity contribution < 1.29 is 18.8 Å². The van der Waals surface area contributed by atoms with E-state index in [0.717, 1.165) is 10.9 Å². The van der Waals surface area contributed by atoms with E-state index in [1.54, 1.807) is 0 Å². The van der Waals surface area contributed by atoms with Crippen molar-refractivity contribution in [1.82, 2.24) is 0 Å². The van der Waals surface area contributed by atoms with Crippen LogP contribution in [-0.4, -0.2) is 49.5 Å². The predicted octanol–water partition coefficient (Wildman–Crippen LogP) is 1.93. The number of cyclic esters (lactones) is 2. The summed E-state index contributed by atoms with van der Waals surface area (Å²) in [6.07, 6.45) is 4.22. The van der Waals surface area contributed by atoms with Crippen LogP contribution in [0, 0.1) is 0 Å². The fraction of sp³-hybridized carbons (Fsp3) is 0.917. The third-order valence-corrected chi connectivity index (χ3v) is 4.01. The highest BCUT2D eigenvalue weighted by Crippen LogP contribution is 2.30. The average molecular weight is 228 g/mol. The summed E-state index contributed by atoms with van der Waals surface area (Å²) in [4.78, 5) is 10.9. The van der Waals surface area contributed by atoms with Gasteiger partial charge in [-0.3, -0.25) is 0 Å². The van der Waals surface area contributed by atoms with E-state index in [1.165, 1.54) is 32.4 Å². The van der Waals surface area contributed by atoms with Crippen molar-refractivity contribution in [3.05, 3.63) is 0 Å². The van der Waals surface area contributed by atoms with Crippen molar-refractivity contribution in [1.29, 1.82) is 0 Å². The molecule has 0 aromatic rings. The molecule has 0 spiro atoms. The predicted molar refractivity (Wildman–Crippen MR) is 60.1 cm³/mol. The Kier molecular flexibility index (Phi) is 3.38. The molecule has 0 amide bonds. The Bertz CT molecular complexity index is 269. The van der Waals surface area contributed by atoms with Gasteiger partial charge in [0, 0.05) is 19.3 Å². The maximum absolute atomic E-state index is 10.9. The van der Waals surface area contributed by atoms with Crippen molar-refractivity contribution >= 4 is 6.16 Å². The van der Waals surface area contributed by atoms with Crippen LogP contribution in [0.1, 0.15) is 32.6 Å². The van der Waals surface area contributed by atoms with Crippen molar-refractivity contribution in [2.24, 2.45) is 0 Å². The normalized spacial score (nSPS) is 38.5. The average Bonchev–Trinajstić information content (AvgIpc) is 2.77. The molecular formula is C12H22NO3+. The molecule has 0 aromatic heterocycles. The number of hydrogen-bond donors (Lipinski definition) is 0. The molecule has 16 heavy (non-hydrogen) atoms. The molecule has 2 aliphatic heterocycles. The highest BCUT2D eigenvalue weighted by atomic mass is 16.8. The molecule has 0 aromatic carbocycles. The van der Waals surface area contributed by atoms with Crippen LogP contribution < -0.4 is 0 Å². The molecule has 4 heteroatoms. The Morgan fingerprint density at radius 3 is 2.94 bits per heavy atom. The molecule has 2 saturated heterocycles. The molecule has 2 rings (SSSR count). The molecule has 0 aliphatic carbocycles. The number of nitrogens with zero attached hydrogens (tertiary/aromatic N) is 1. The molecule has 0 saturated carbocycles. The summed E-state index contributed by atoms with van der Waals surface area (Å²) < 4.78 is 11.1. The van der Waals surface area contributed by atoms with Gasteiger partial charge in [-0.15, -0.1) is 0 Å². The van der Waals surface area contributed by atoms with E-state index >= 15 is 0 Å². The highest BCUT2D eigenvalue weighted by molar-refractivity contribution is 5.61. The number of rotatable bonds is 4. The van der Waals surface area contributed by atoms with Gasteiger partial charge in [-0.05, 0) is 6.42 Å². The lowest BCUT2D eigenvalue weighted by Crippen LogP contribution is -2.49. The van der Waals surface area contributed by atoms with Gasteiger partial charge in [0.15, 0.2) is 0 Å². The second-order valence-corrected chi connectivity index (χ2v) is 5.26. The summed E-state index contributed by atoms with van der Waals surface area (Å²) >= 11 is 0. The van der Waals surface area contributed by atoms with E-state index in [9.17, 15) is 4.79 Å². The van der Waals surface area contributed by atoms with Crippen molar-refractivity contribution in [2.45, 2.75) is 44.8 Å². The SMILES string of the molecule is CCC[N+]1(C)CCCC1CC1COC(=O)O1. The van der Waals surface area contributed by atoms with Gasteiger partial charge in [-0.25, -0.2) is 4.79 Å². The van der Waals surface area contributed by atoms with Crippen molar-refractivity contribution in [2.75, 3.05) is 26.7 Å². The molecule has 2 aliphatic rings. The van der Waals surface area contributed by atoms with Crippen LogP contribution in [0.2, 0.25) is 0 Å². The van der Waals surface area contributed by atoms with Crippen LogP contribution >= 0.6 is 0 Å². The number of hydrogen-bond acceptors (Lipinski definition) is 3. The summed E-state index contributed by atoms with van der Waals surface area (Å²) in [7, 11) is 2.33. The topological polar surface area (TPSA) is 35.5 Å². The van der Waals surface area contributed by atoms with Crippen molar-refractivity contribution in [3.8, 4) is 0 Å². The van der Waals surface area contributed by atoms with Crippen LogP contribution in [0.25, 0.3) is 0 Å². The molecule has 3 unspecified atom stereocenters. The first-order valence-corrected chi connectivity index (χ1v) is 6.31. The third-order valence-electron chi connectivity index (χ3n) is 4.01. The zero-order valence-electron chi connectivity index (χ0n) is 10.3. The molecule has 2 heterocycles. The minimum Gasteiger partial charge on any atom is -0.430 e. The van der Waals surface area contributed by atoms with Gasteiger partial charge in [0.25, 0.3) is 0 Å². The minimum atomic E-state index is -0.493. The quantitative estimate of drug-likeness (QED) is 0.545. The van der Waals surface area contributed by atoms with Gasteiger partial charge in [0.05, 0.1) is 26.2 Å². The molecule has 4 nitrogen and oxygen atoms in total. The summed E-state index contributed by atoms with van der Waals surface area (Å²) in [6, 6.07) is 0.638. The molecular weight excluding hydrogens is 206 g/mol. The maximum atomic E-state index is 10.9. The number of carbonyl (C=O) groups excluding carboxylic acids is 1. The summed E-state index contributed by atoms with van der Waals surface area (Å²) in [5, 5.41) is 0. The smallest absolute Gasteiger partial charge is 0.430 e. The van der Waals surface area contributed by atoms with Crippen LogP contribution in [0.15, 0.2) is 0 Å². The first kappa shape index (κ1) is 11.7. The van der Waals surface area contributed by atoms with E-state index < -0.39 is 6.16 Å². The summed E-state index contributed by atoms with van der Waals surface area (Å²) in [5.74, 6) is 0. The monoisotopic (exact) mass is 228 g/mol. The lowest BCUT2D eigenvalue weighted by atomic mass is 10.1. The Balaban J connectivity index is 1.90. The van der Waals surface area contributed by atoms with E-state index in [4.69, 9.17) is 9.47 Å². The van der Waals surface area contributed by atoms with Crippen LogP contribution in [0.5, 0.6) is 0 Å². The fourth-order valence-electron chi connectivity index (χ4n) is 3.14. The van der Waals surface area contributed by atoms with Crippen molar-refractivity contribution in [3.63, 3.8) is 0 Å². The number of carbonyl (C=O) groups is 1. The van der Waals surface area contributed by atoms with Gasteiger partial charge in [-0.2, -0.15) is 0 Å². The molecule has 0 N–H and O–H groups in total. The first-order valence-electron chi connectivity index (χ1n) is 6.31. The van der Waals surface area contributed by atoms with Gasteiger partial charge < -0.3 is 14.0 Å². The van der Waals surface area contributed by atoms with Crippen LogP contribution in [-0.2, 0) is 9.47 Å². The fourth-order valence-corrected chi connectivity index (χ4v) is 3.14. The van der Waals surface area contributed by atoms with Gasteiger partial charge in [0.1, 0.15) is 12.7 Å². The Labute approximate surface area is 97.1 Å². The van der Waals surface area contributed by atoms with E-state index in [2.05, 4.69) is 14.0 Å². The molecule has 0 bridgehead atoms.